The molecule has 21 heteroatoms. The summed E-state index contributed by atoms with van der Waals surface area (Å²) in [6.45, 7) is 19.7. The summed E-state index contributed by atoms with van der Waals surface area (Å²) in [6, 6.07) is 7.74. The Morgan fingerprint density at radius 3 is 2.11 bits per heavy atom. The van der Waals surface area contributed by atoms with Gasteiger partial charge >= 0.3 is 6.09 Å². The molecule has 0 spiro atoms. The van der Waals surface area contributed by atoms with E-state index in [2.05, 4.69) is 80.4 Å². The fraction of sp³-hybridized carbons (Fsp3) is 0.540. The molecule has 1 unspecified atom stereocenters. The van der Waals surface area contributed by atoms with E-state index in [0.717, 1.165) is 53.7 Å². The number of allylic oxidation sites excluding steroid dienone is 1. The van der Waals surface area contributed by atoms with Crippen molar-refractivity contribution >= 4 is 83.8 Å². The summed E-state index contributed by atoms with van der Waals surface area (Å²) in [7, 11) is 0. The molecule has 17 nitrogen and oxygen atoms in total. The van der Waals surface area contributed by atoms with Gasteiger partial charge in [-0.25, -0.2) is 14.8 Å². The Labute approximate surface area is 439 Å². The highest BCUT2D eigenvalue weighted by Crippen LogP contribution is 2.25. The molecule has 2 aliphatic rings. The highest BCUT2D eigenvalue weighted by Gasteiger charge is 2.29. The van der Waals surface area contributed by atoms with Crippen LogP contribution in [0.1, 0.15) is 139 Å². The van der Waals surface area contributed by atoms with Crippen molar-refractivity contribution in [3.05, 3.63) is 89.0 Å². The summed E-state index contributed by atoms with van der Waals surface area (Å²) in [6.07, 6.45) is 21.0. The molecule has 4 aromatic heterocycles. The molecule has 1 aromatic carbocycles. The third-order valence-corrected chi connectivity index (χ3v) is 12.9. The number of carbonyl (C=O) groups is 3. The monoisotopic (exact) mass is 1050 g/mol. The molecule has 0 bridgehead atoms. The van der Waals surface area contributed by atoms with Gasteiger partial charge in [-0.2, -0.15) is 42.7 Å². The lowest BCUT2D eigenvalue weighted by Gasteiger charge is -2.34. The van der Waals surface area contributed by atoms with Gasteiger partial charge in [0.25, 0.3) is 5.91 Å². The number of nitrogens with two attached hydrogens (primary N) is 1. The Bertz CT molecular complexity index is 2560. The number of amides is 3. The third-order valence-electron chi connectivity index (χ3n) is 11.6. The Balaban J connectivity index is 0.000000273. The van der Waals surface area contributed by atoms with E-state index in [9.17, 15) is 14.4 Å². The van der Waals surface area contributed by atoms with Crippen LogP contribution in [0.15, 0.2) is 71.8 Å². The molecular weight excluding hydrogens is 978 g/mol. The van der Waals surface area contributed by atoms with Gasteiger partial charge in [-0.05, 0) is 107 Å². The normalized spacial score (nSPS) is 15.6. The van der Waals surface area contributed by atoms with Crippen LogP contribution in [-0.4, -0.2) is 112 Å². The summed E-state index contributed by atoms with van der Waals surface area (Å²) >= 11 is 8.95. The molecule has 3 amide bonds. The minimum Gasteiger partial charge on any atom is -0.444 e. The van der Waals surface area contributed by atoms with E-state index in [1.807, 2.05) is 69.8 Å². The topological polar surface area (TPSA) is 212 Å². The van der Waals surface area contributed by atoms with Crippen molar-refractivity contribution in [2.45, 2.75) is 146 Å². The molecular formula is C50H74ClN13O4S3. The maximum Gasteiger partial charge on any atom is 0.410 e. The number of anilines is 1. The number of aromatic nitrogens is 8. The van der Waals surface area contributed by atoms with E-state index < -0.39 is 5.60 Å². The zero-order chi connectivity index (χ0) is 51.0. The molecule has 1 aliphatic carbocycles. The molecule has 1 saturated carbocycles. The second-order valence-electron chi connectivity index (χ2n) is 18.9. The first kappa shape index (κ1) is 58.7. The van der Waals surface area contributed by atoms with Gasteiger partial charge in [0.2, 0.25) is 17.1 Å². The first-order chi connectivity index (χ1) is 33.4. The van der Waals surface area contributed by atoms with Crippen molar-refractivity contribution in [1.82, 2.24) is 54.7 Å². The largest absolute Gasteiger partial charge is 0.444 e. The standard InChI is InChI=1S/C27H37N7O3S.C14H24N2O.C9H11ClN4S.H2S/c1-17(2)21-15-29-34-22(21)31-25(38-6)32-24(34)28-14-18-9-7-10-19(13-18)23(35)30-20-11-8-12-33(16-20)26(36)37-27(3,4)5;1-2-7-12(8-6-11-15)14(17)16-13-9-4-3-5-10-13;1-5(2)6-4-11-14-7(6)12-9(15-3)13-8(14)10;/h7,9-10,13,15,17,20H,8,11-12,14,16H2,1-6H3,(H,30,35)(H,28,31,32);2,6,8,12-13H,1,3-5,7,9-11,15H2,(H,16,17);4-5H,1-3H3;1H2/b;8-6+;;/t20-;;;/m0.../s1. The van der Waals surface area contributed by atoms with Crippen LogP contribution in [0, 0.1) is 5.92 Å². The second-order valence-corrected chi connectivity index (χ2v) is 20.8. The summed E-state index contributed by atoms with van der Waals surface area (Å²) in [5, 5.41) is 19.9. The van der Waals surface area contributed by atoms with Crippen molar-refractivity contribution in [3.8, 4) is 0 Å². The minimum absolute atomic E-state index is 0. The molecule has 71 heavy (non-hydrogen) atoms. The van der Waals surface area contributed by atoms with Crippen LogP contribution in [0.25, 0.3) is 11.3 Å². The SMILES string of the molecule is C=CCC(/C=C/CN)C(=O)NC1CCCCC1.CSc1nc(Cl)n2ncc(C(C)C)c2n1.CSc1nc(NCc2cccc(C(=O)N[C@H]3CCCN(C(=O)OC(C)(C)C)C3)c2)n2ncc(C(C)C)c2n1.S. The Morgan fingerprint density at radius 2 is 1.51 bits per heavy atom. The number of halogens is 1. The van der Waals surface area contributed by atoms with Gasteiger partial charge in [-0.15, -0.1) is 6.58 Å². The lowest BCUT2D eigenvalue weighted by molar-refractivity contribution is -0.124. The van der Waals surface area contributed by atoms with Crippen molar-refractivity contribution in [2.24, 2.45) is 11.7 Å². The molecule has 1 saturated heterocycles. The number of nitrogens with one attached hydrogen (secondary N) is 3. The smallest absolute Gasteiger partial charge is 0.410 e. The van der Waals surface area contributed by atoms with Gasteiger partial charge in [0, 0.05) is 55.0 Å². The van der Waals surface area contributed by atoms with E-state index in [4.69, 9.17) is 22.1 Å². The first-order valence-corrected chi connectivity index (χ1v) is 26.9. The minimum atomic E-state index is -0.551. The average molecular weight is 1050 g/mol. The number of hydrogen-bond acceptors (Lipinski definition) is 14. The van der Waals surface area contributed by atoms with Crippen LogP contribution in [0.3, 0.4) is 0 Å². The number of likely N-dealkylation sites (tertiary alicyclic amines) is 1. The van der Waals surface area contributed by atoms with Crippen molar-refractivity contribution < 1.29 is 19.1 Å². The fourth-order valence-corrected chi connectivity index (χ4v) is 8.91. The van der Waals surface area contributed by atoms with E-state index >= 15 is 0 Å². The molecule has 1 aliphatic heterocycles. The first-order valence-electron chi connectivity index (χ1n) is 24.1. The molecule has 0 radical (unpaired) electrons. The summed E-state index contributed by atoms with van der Waals surface area (Å²) < 4.78 is 8.79. The van der Waals surface area contributed by atoms with Gasteiger partial charge in [0.1, 0.15) is 5.60 Å². The Morgan fingerprint density at radius 1 is 0.887 bits per heavy atom. The van der Waals surface area contributed by atoms with Crippen LogP contribution in [0.4, 0.5) is 10.7 Å². The maximum atomic E-state index is 13.1. The van der Waals surface area contributed by atoms with Crippen LogP contribution in [-0.2, 0) is 16.1 Å². The molecule has 2 fully saturated rings. The number of fused-ring (bicyclic) bond motifs is 2. The van der Waals surface area contributed by atoms with Crippen LogP contribution >= 0.6 is 48.6 Å². The van der Waals surface area contributed by atoms with Gasteiger partial charge in [-0.3, -0.25) is 9.59 Å². The van der Waals surface area contributed by atoms with E-state index in [0.29, 0.717) is 77.6 Å². The zero-order valence-corrected chi connectivity index (χ0v) is 46.1. The predicted octanol–water partition coefficient (Wildman–Crippen LogP) is 9.59. The average Bonchev–Trinajstić information content (AvgIpc) is 3.98. The van der Waals surface area contributed by atoms with Gasteiger partial charge in [-0.1, -0.05) is 101 Å². The van der Waals surface area contributed by atoms with Gasteiger partial charge in [0.15, 0.2) is 21.6 Å². The number of ether oxygens (including phenoxy) is 1. The van der Waals surface area contributed by atoms with Crippen molar-refractivity contribution in [1.29, 1.82) is 0 Å². The molecule has 5 heterocycles. The van der Waals surface area contributed by atoms with Crippen LogP contribution in [0.5, 0.6) is 0 Å². The number of hydrogen-bond donors (Lipinski definition) is 4. The zero-order valence-electron chi connectivity index (χ0n) is 42.7. The van der Waals surface area contributed by atoms with Crippen molar-refractivity contribution in [3.63, 3.8) is 0 Å². The van der Waals surface area contributed by atoms with Gasteiger partial charge < -0.3 is 31.3 Å². The molecule has 2 atom stereocenters. The summed E-state index contributed by atoms with van der Waals surface area (Å²) in [5.41, 5.74) is 10.1. The highest BCUT2D eigenvalue weighted by molar-refractivity contribution is 7.98. The fourth-order valence-electron chi connectivity index (χ4n) is 7.94. The summed E-state index contributed by atoms with van der Waals surface area (Å²) in [4.78, 5) is 57.0. The van der Waals surface area contributed by atoms with E-state index in [-0.39, 0.29) is 43.4 Å². The molecule has 5 aromatic rings. The maximum absolute atomic E-state index is 13.1. The predicted molar refractivity (Wildman–Crippen MR) is 292 cm³/mol. The van der Waals surface area contributed by atoms with E-state index in [1.165, 1.54) is 42.8 Å². The molecule has 388 valence electrons. The number of thioether (sulfide) groups is 2. The third kappa shape index (κ3) is 17.4. The molecule has 7 rings (SSSR count). The Hall–Kier alpha value is -4.89. The lowest BCUT2D eigenvalue weighted by atomic mass is 9.94. The number of carbonyl (C=O) groups excluding carboxylic acids is 3. The molecule has 5 N–H and O–H groups in total. The lowest BCUT2D eigenvalue weighted by Crippen LogP contribution is -2.50. The quantitative estimate of drug-likeness (QED) is 0.0568. The second kappa shape index (κ2) is 28.4. The summed E-state index contributed by atoms with van der Waals surface area (Å²) in [5.74, 6) is 1.11. The number of nitrogens with zero attached hydrogens (tertiary/aromatic N) is 9. The van der Waals surface area contributed by atoms with Crippen molar-refractivity contribution in [2.75, 3.05) is 37.5 Å². The van der Waals surface area contributed by atoms with Crippen LogP contribution in [0.2, 0.25) is 5.28 Å². The number of piperidine rings is 1. The van der Waals surface area contributed by atoms with E-state index in [1.54, 1.807) is 32.3 Å². The number of benzene rings is 1. The number of rotatable bonds is 15. The van der Waals surface area contributed by atoms with Gasteiger partial charge in [0.05, 0.1) is 18.3 Å². The Kier molecular flexibility index (Phi) is 23.5. The van der Waals surface area contributed by atoms with Crippen LogP contribution < -0.4 is 21.7 Å². The highest BCUT2D eigenvalue weighted by atomic mass is 35.5.